The maximum absolute atomic E-state index is 9.35. The maximum Gasteiger partial charge on any atom is 0.171 e. The summed E-state index contributed by atoms with van der Waals surface area (Å²) in [6.45, 7) is 0. The highest BCUT2D eigenvalue weighted by atomic mass is 79.9. The lowest BCUT2D eigenvalue weighted by Gasteiger charge is -1.91. The Hall–Kier alpha value is -1.72. The zero-order valence-electron chi connectivity index (χ0n) is 6.28. The van der Waals surface area contributed by atoms with Gasteiger partial charge in [0.2, 0.25) is 0 Å². The molecule has 0 saturated carbocycles. The molecular weight excluding hydrogens is 236 g/mol. The molecule has 0 radical (unpaired) electrons. The minimum Gasteiger partial charge on any atom is -0.505 e. The third-order valence-corrected chi connectivity index (χ3v) is 1.72. The van der Waals surface area contributed by atoms with Gasteiger partial charge in [-0.3, -0.25) is 0 Å². The summed E-state index contributed by atoms with van der Waals surface area (Å²) in [5, 5.41) is 26.2. The second-order valence-electron chi connectivity index (χ2n) is 2.09. The van der Waals surface area contributed by atoms with Crippen LogP contribution in [0.15, 0.2) is 27.0 Å². The normalized spacial score (nSPS) is 8.54. The molecule has 64 valence electrons. The molecular formula is C8H3BrN2O2. The van der Waals surface area contributed by atoms with Crippen LogP contribution in [0, 0.1) is 22.7 Å². The van der Waals surface area contributed by atoms with Crippen LogP contribution < -0.4 is 0 Å². The van der Waals surface area contributed by atoms with E-state index in [1.807, 2.05) is 0 Å². The molecule has 0 aliphatic carbocycles. The molecule has 0 bridgehead atoms. The molecule has 0 saturated heterocycles. The monoisotopic (exact) mass is 238 g/mol. The Morgan fingerprint density at radius 2 is 2.08 bits per heavy atom. The molecule has 0 aliphatic rings. The van der Waals surface area contributed by atoms with Gasteiger partial charge in [0.25, 0.3) is 0 Å². The maximum atomic E-state index is 9.35. The molecule has 5 heteroatoms. The fourth-order valence-electron chi connectivity index (χ4n) is 0.709. The van der Waals surface area contributed by atoms with Crippen molar-refractivity contribution in [2.45, 2.75) is 0 Å². The van der Waals surface area contributed by atoms with Crippen LogP contribution in [0.25, 0.3) is 5.76 Å². The number of nitriles is 2. The topological polar surface area (TPSA) is 81.0 Å². The lowest BCUT2D eigenvalue weighted by Crippen LogP contribution is -1.84. The van der Waals surface area contributed by atoms with Crippen molar-refractivity contribution >= 4 is 21.7 Å². The predicted molar refractivity (Wildman–Crippen MR) is 47.2 cm³/mol. The molecule has 1 rings (SSSR count). The van der Waals surface area contributed by atoms with E-state index in [1.165, 1.54) is 12.3 Å². The van der Waals surface area contributed by atoms with Crippen molar-refractivity contribution in [3.63, 3.8) is 0 Å². The minimum absolute atomic E-state index is 0.296. The van der Waals surface area contributed by atoms with Gasteiger partial charge in [-0.15, -0.1) is 0 Å². The fourth-order valence-corrected chi connectivity index (χ4v) is 1.05. The molecule has 0 aliphatic heterocycles. The summed E-state index contributed by atoms with van der Waals surface area (Å²) in [6.07, 6.45) is 1.24. The summed E-state index contributed by atoms with van der Waals surface area (Å²) < 4.78 is 5.25. The number of hydrogen-bond donors (Lipinski definition) is 1. The molecule has 0 amide bonds. The summed E-state index contributed by atoms with van der Waals surface area (Å²) in [5.74, 6) is -0.376. The predicted octanol–water partition coefficient (Wildman–Crippen LogP) is 2.36. The van der Waals surface area contributed by atoms with Crippen LogP contribution in [-0.4, -0.2) is 5.11 Å². The van der Waals surface area contributed by atoms with E-state index in [0.717, 1.165) is 0 Å². The average Bonchev–Trinajstić information content (AvgIpc) is 2.54. The largest absolute Gasteiger partial charge is 0.505 e. The van der Waals surface area contributed by atoms with Gasteiger partial charge in [-0.05, 0) is 15.9 Å². The van der Waals surface area contributed by atoms with Crippen LogP contribution in [0.3, 0.4) is 0 Å². The highest BCUT2D eigenvalue weighted by molar-refractivity contribution is 9.10. The van der Waals surface area contributed by atoms with Crippen molar-refractivity contribution in [1.29, 1.82) is 10.5 Å². The van der Waals surface area contributed by atoms with Crippen LogP contribution >= 0.6 is 15.9 Å². The highest BCUT2D eigenvalue weighted by Gasteiger charge is 2.09. The van der Waals surface area contributed by atoms with Gasteiger partial charge >= 0.3 is 0 Å². The van der Waals surface area contributed by atoms with Gasteiger partial charge in [0, 0.05) is 6.07 Å². The lowest BCUT2D eigenvalue weighted by molar-refractivity contribution is 0.503. The van der Waals surface area contributed by atoms with Crippen molar-refractivity contribution in [3.8, 4) is 12.1 Å². The highest BCUT2D eigenvalue weighted by Crippen LogP contribution is 2.21. The number of aliphatic hydroxyl groups excluding tert-OH is 1. The Kier molecular flexibility index (Phi) is 2.73. The molecule has 1 aromatic heterocycles. The van der Waals surface area contributed by atoms with Gasteiger partial charge in [0.15, 0.2) is 16.0 Å². The Bertz CT molecular complexity index is 418. The average molecular weight is 239 g/mol. The Labute approximate surface area is 82.4 Å². The molecule has 0 aromatic carbocycles. The quantitative estimate of drug-likeness (QED) is 0.602. The standard InChI is InChI=1S/C8H3BrN2O2/c9-7-1-5(4-13-7)8(12)6(2-10)3-11/h1,4,12H. The first-order valence-electron chi connectivity index (χ1n) is 3.17. The van der Waals surface area contributed by atoms with Gasteiger partial charge in [-0.2, -0.15) is 10.5 Å². The third kappa shape index (κ3) is 1.90. The summed E-state index contributed by atoms with van der Waals surface area (Å²) in [6, 6.07) is 4.60. The Morgan fingerprint density at radius 1 is 1.46 bits per heavy atom. The van der Waals surface area contributed by atoms with Gasteiger partial charge in [-0.25, -0.2) is 0 Å². The Morgan fingerprint density at radius 3 is 2.46 bits per heavy atom. The van der Waals surface area contributed by atoms with Crippen molar-refractivity contribution in [2.24, 2.45) is 0 Å². The smallest absolute Gasteiger partial charge is 0.171 e. The van der Waals surface area contributed by atoms with Crippen molar-refractivity contribution in [3.05, 3.63) is 28.1 Å². The number of nitrogens with zero attached hydrogens (tertiary/aromatic N) is 2. The fraction of sp³-hybridized carbons (Fsp3) is 0. The van der Waals surface area contributed by atoms with Gasteiger partial charge in [0.1, 0.15) is 18.4 Å². The van der Waals surface area contributed by atoms with Crippen molar-refractivity contribution in [2.75, 3.05) is 0 Å². The summed E-state index contributed by atoms with van der Waals surface area (Å²) in [5.41, 5.74) is -0.0433. The molecule has 13 heavy (non-hydrogen) atoms. The van der Waals surface area contributed by atoms with Crippen LogP contribution in [0.1, 0.15) is 5.56 Å². The summed E-state index contributed by atoms with van der Waals surface area (Å²) >= 11 is 3.03. The summed E-state index contributed by atoms with van der Waals surface area (Å²) in [4.78, 5) is 0. The molecule has 0 fully saturated rings. The first kappa shape index (κ1) is 9.37. The Balaban J connectivity index is 3.19. The van der Waals surface area contributed by atoms with E-state index in [9.17, 15) is 5.11 Å². The van der Waals surface area contributed by atoms with E-state index in [2.05, 4.69) is 15.9 Å². The van der Waals surface area contributed by atoms with E-state index < -0.39 is 0 Å². The van der Waals surface area contributed by atoms with Crippen molar-refractivity contribution in [1.82, 2.24) is 0 Å². The second kappa shape index (κ2) is 3.79. The number of furan rings is 1. The molecule has 1 aromatic rings. The first-order valence-corrected chi connectivity index (χ1v) is 3.96. The number of aliphatic hydroxyl groups is 1. The molecule has 1 N–H and O–H groups in total. The van der Waals surface area contributed by atoms with E-state index in [1.54, 1.807) is 12.1 Å². The lowest BCUT2D eigenvalue weighted by atomic mass is 10.2. The number of halogens is 1. The van der Waals surface area contributed by atoms with Crippen LogP contribution in [0.2, 0.25) is 0 Å². The molecule has 0 spiro atoms. The molecule has 1 heterocycles. The van der Waals surface area contributed by atoms with E-state index in [0.29, 0.717) is 10.2 Å². The van der Waals surface area contributed by atoms with E-state index in [4.69, 9.17) is 14.9 Å². The second-order valence-corrected chi connectivity index (χ2v) is 2.87. The van der Waals surface area contributed by atoms with Crippen LogP contribution in [0.4, 0.5) is 0 Å². The van der Waals surface area contributed by atoms with Crippen LogP contribution in [0.5, 0.6) is 0 Å². The molecule has 4 nitrogen and oxygen atoms in total. The number of rotatable bonds is 1. The van der Waals surface area contributed by atoms with Gasteiger partial charge < -0.3 is 9.52 Å². The summed E-state index contributed by atoms with van der Waals surface area (Å²) in [7, 11) is 0. The first-order chi connectivity index (χ1) is 6.19. The molecule has 0 unspecified atom stereocenters. The third-order valence-electron chi connectivity index (χ3n) is 1.30. The molecule has 0 atom stereocenters. The zero-order chi connectivity index (χ0) is 9.84. The SMILES string of the molecule is N#CC(C#N)=C(O)c1coc(Br)c1. The zero-order valence-corrected chi connectivity index (χ0v) is 7.87. The van der Waals surface area contributed by atoms with Gasteiger partial charge in [0.05, 0.1) is 5.56 Å². The van der Waals surface area contributed by atoms with Crippen LogP contribution in [-0.2, 0) is 0 Å². The number of allylic oxidation sites excluding steroid dienone is 1. The van der Waals surface area contributed by atoms with Gasteiger partial charge in [-0.1, -0.05) is 0 Å². The van der Waals surface area contributed by atoms with Crippen molar-refractivity contribution < 1.29 is 9.52 Å². The van der Waals surface area contributed by atoms with E-state index in [-0.39, 0.29) is 11.3 Å². The minimum atomic E-state index is -0.376. The van der Waals surface area contributed by atoms with E-state index >= 15 is 0 Å². The number of hydrogen-bond acceptors (Lipinski definition) is 4.